The number of aliphatic carboxylic acids is 1. The summed E-state index contributed by atoms with van der Waals surface area (Å²) in [6.07, 6.45) is 44.5. The molecule has 1 atom stereocenters. The normalized spacial score (nSPS) is 12.6. The molecular formula is C39H70O4. The third-order valence-electron chi connectivity index (χ3n) is 8.13. The van der Waals surface area contributed by atoms with Crippen molar-refractivity contribution in [2.45, 2.75) is 200 Å². The Morgan fingerprint density at radius 3 is 1.53 bits per heavy atom. The number of carbonyl (C=O) groups is 2. The van der Waals surface area contributed by atoms with Gasteiger partial charge in [0, 0.05) is 12.8 Å². The Balaban J connectivity index is 3.85. The average molecular weight is 603 g/mol. The largest absolute Gasteiger partial charge is 0.481 e. The van der Waals surface area contributed by atoms with Gasteiger partial charge < -0.3 is 9.84 Å². The molecule has 1 N–H and O–H groups in total. The number of ether oxygens (including phenoxy) is 1. The second-order valence-electron chi connectivity index (χ2n) is 12.4. The van der Waals surface area contributed by atoms with Crippen LogP contribution in [0.25, 0.3) is 0 Å². The van der Waals surface area contributed by atoms with Crippen LogP contribution in [0, 0.1) is 0 Å². The molecule has 0 aromatic heterocycles. The summed E-state index contributed by atoms with van der Waals surface area (Å²) in [5, 5.41) is 8.85. The van der Waals surface area contributed by atoms with Gasteiger partial charge in [-0.05, 0) is 70.6 Å². The summed E-state index contributed by atoms with van der Waals surface area (Å²) in [6.45, 7) is 4.42. The molecule has 0 aliphatic rings. The fourth-order valence-corrected chi connectivity index (χ4v) is 5.43. The van der Waals surface area contributed by atoms with Crippen LogP contribution in [0.4, 0.5) is 0 Å². The predicted molar refractivity (Wildman–Crippen MR) is 186 cm³/mol. The van der Waals surface area contributed by atoms with E-state index in [1.807, 2.05) is 0 Å². The van der Waals surface area contributed by atoms with Gasteiger partial charge in [-0.1, -0.05) is 147 Å². The van der Waals surface area contributed by atoms with Gasteiger partial charge in [0.05, 0.1) is 0 Å². The highest BCUT2D eigenvalue weighted by molar-refractivity contribution is 5.69. The molecule has 1 unspecified atom stereocenters. The topological polar surface area (TPSA) is 63.6 Å². The van der Waals surface area contributed by atoms with E-state index in [4.69, 9.17) is 9.84 Å². The lowest BCUT2D eigenvalue weighted by atomic mass is 10.0. The van der Waals surface area contributed by atoms with Crippen molar-refractivity contribution in [1.82, 2.24) is 0 Å². The summed E-state index contributed by atoms with van der Waals surface area (Å²) >= 11 is 0. The van der Waals surface area contributed by atoms with E-state index >= 15 is 0 Å². The number of esters is 1. The standard InChI is InChI=1S/C39H70O4/c1-3-5-7-9-11-13-14-15-16-17-18-19-20-21-22-23-25-27-32-36-39(42)43-37(34-30-28-31-35-38(40)41)33-29-26-24-12-10-8-6-4-2/h5,7,11,13,15-16,37H,3-4,6,8-10,12,14,17-36H2,1-2H3,(H,40,41)/b7-5-,13-11-,16-15-. The first-order valence-corrected chi connectivity index (χ1v) is 18.5. The highest BCUT2D eigenvalue weighted by atomic mass is 16.5. The number of carboxylic acids is 1. The van der Waals surface area contributed by atoms with Crippen LogP contribution in [-0.4, -0.2) is 23.1 Å². The van der Waals surface area contributed by atoms with Gasteiger partial charge >= 0.3 is 11.9 Å². The van der Waals surface area contributed by atoms with Gasteiger partial charge in [-0.25, -0.2) is 0 Å². The third kappa shape index (κ3) is 34.5. The number of hydrogen-bond acceptors (Lipinski definition) is 3. The lowest BCUT2D eigenvalue weighted by Gasteiger charge is -2.18. The molecule has 43 heavy (non-hydrogen) atoms. The maximum atomic E-state index is 12.5. The van der Waals surface area contributed by atoms with Crippen LogP contribution in [-0.2, 0) is 14.3 Å². The van der Waals surface area contributed by atoms with Crippen molar-refractivity contribution in [3.8, 4) is 0 Å². The van der Waals surface area contributed by atoms with Gasteiger partial charge in [-0.3, -0.25) is 9.59 Å². The van der Waals surface area contributed by atoms with Crippen LogP contribution in [0.2, 0.25) is 0 Å². The number of unbranched alkanes of at least 4 members (excludes halogenated alkanes) is 18. The zero-order valence-corrected chi connectivity index (χ0v) is 28.5. The molecule has 0 rings (SSSR count). The summed E-state index contributed by atoms with van der Waals surface area (Å²) < 4.78 is 5.91. The fraction of sp³-hybridized carbons (Fsp3) is 0.795. The van der Waals surface area contributed by atoms with Crippen molar-refractivity contribution in [3.05, 3.63) is 36.5 Å². The molecule has 0 fully saturated rings. The first-order chi connectivity index (χ1) is 21.1. The molecule has 4 heteroatoms. The maximum absolute atomic E-state index is 12.5. The monoisotopic (exact) mass is 603 g/mol. The minimum absolute atomic E-state index is 0.00253. The van der Waals surface area contributed by atoms with Crippen molar-refractivity contribution in [2.75, 3.05) is 0 Å². The SMILES string of the molecule is CC/C=C\C/C=C\C/C=C\CCCCCCCCCCCC(=O)OC(CCCCCCCCCC)CCCCCC(=O)O. The Morgan fingerprint density at radius 2 is 0.977 bits per heavy atom. The van der Waals surface area contributed by atoms with Gasteiger partial charge in [0.2, 0.25) is 0 Å². The first-order valence-electron chi connectivity index (χ1n) is 18.5. The van der Waals surface area contributed by atoms with E-state index in [2.05, 4.69) is 50.3 Å². The van der Waals surface area contributed by atoms with Gasteiger partial charge in [-0.2, -0.15) is 0 Å². The molecule has 4 nitrogen and oxygen atoms in total. The van der Waals surface area contributed by atoms with Crippen LogP contribution in [0.3, 0.4) is 0 Å². The molecule has 0 aromatic rings. The van der Waals surface area contributed by atoms with Crippen LogP contribution in [0.5, 0.6) is 0 Å². The Morgan fingerprint density at radius 1 is 0.535 bits per heavy atom. The highest BCUT2D eigenvalue weighted by Crippen LogP contribution is 2.18. The Labute approximate surface area is 267 Å². The summed E-state index contributed by atoms with van der Waals surface area (Å²) in [4.78, 5) is 23.3. The Bertz CT molecular complexity index is 693. The third-order valence-corrected chi connectivity index (χ3v) is 8.13. The fourth-order valence-electron chi connectivity index (χ4n) is 5.43. The summed E-state index contributed by atoms with van der Waals surface area (Å²) in [7, 11) is 0. The van der Waals surface area contributed by atoms with Crippen LogP contribution in [0.1, 0.15) is 194 Å². The van der Waals surface area contributed by atoms with E-state index < -0.39 is 5.97 Å². The molecule has 0 saturated carbocycles. The summed E-state index contributed by atoms with van der Waals surface area (Å²) in [5.74, 6) is -0.764. The van der Waals surface area contributed by atoms with Crippen LogP contribution < -0.4 is 0 Å². The lowest BCUT2D eigenvalue weighted by molar-refractivity contribution is -0.150. The number of rotatable bonds is 33. The van der Waals surface area contributed by atoms with Crippen LogP contribution >= 0.6 is 0 Å². The first kappa shape index (κ1) is 41.2. The van der Waals surface area contributed by atoms with E-state index in [0.29, 0.717) is 12.8 Å². The molecule has 0 heterocycles. The number of carboxylic acid groups (broad SMARTS) is 1. The molecule has 0 spiro atoms. The zero-order valence-electron chi connectivity index (χ0n) is 28.5. The molecule has 0 bridgehead atoms. The minimum atomic E-state index is -0.726. The summed E-state index contributed by atoms with van der Waals surface area (Å²) in [6, 6.07) is 0. The molecule has 0 aliphatic carbocycles. The Kier molecular flexibility index (Phi) is 33.2. The van der Waals surface area contributed by atoms with Crippen molar-refractivity contribution >= 4 is 11.9 Å². The molecule has 250 valence electrons. The molecule has 0 aliphatic heterocycles. The average Bonchev–Trinajstić information content (AvgIpc) is 2.99. The van der Waals surface area contributed by atoms with Crippen molar-refractivity contribution < 1.29 is 19.4 Å². The molecular weight excluding hydrogens is 532 g/mol. The van der Waals surface area contributed by atoms with Gasteiger partial charge in [0.15, 0.2) is 0 Å². The highest BCUT2D eigenvalue weighted by Gasteiger charge is 2.14. The molecule has 0 aromatic carbocycles. The van der Waals surface area contributed by atoms with E-state index in [0.717, 1.165) is 64.2 Å². The molecule has 0 saturated heterocycles. The minimum Gasteiger partial charge on any atom is -0.481 e. The van der Waals surface area contributed by atoms with E-state index in [1.54, 1.807) is 0 Å². The second kappa shape index (κ2) is 34.6. The quantitative estimate of drug-likeness (QED) is 0.0461. The van der Waals surface area contributed by atoms with E-state index in [-0.39, 0.29) is 18.5 Å². The molecule has 0 radical (unpaired) electrons. The number of allylic oxidation sites excluding steroid dienone is 6. The predicted octanol–water partition coefficient (Wildman–Crippen LogP) is 12.6. The lowest BCUT2D eigenvalue weighted by Crippen LogP contribution is -2.18. The zero-order chi connectivity index (χ0) is 31.5. The summed E-state index contributed by atoms with van der Waals surface area (Å²) in [5.41, 5.74) is 0. The van der Waals surface area contributed by atoms with E-state index in [1.165, 1.54) is 96.3 Å². The number of hydrogen-bond donors (Lipinski definition) is 1. The van der Waals surface area contributed by atoms with Crippen molar-refractivity contribution in [3.63, 3.8) is 0 Å². The maximum Gasteiger partial charge on any atom is 0.306 e. The van der Waals surface area contributed by atoms with E-state index in [9.17, 15) is 9.59 Å². The van der Waals surface area contributed by atoms with Gasteiger partial charge in [0.1, 0.15) is 6.10 Å². The smallest absolute Gasteiger partial charge is 0.306 e. The van der Waals surface area contributed by atoms with Crippen LogP contribution in [0.15, 0.2) is 36.5 Å². The van der Waals surface area contributed by atoms with Gasteiger partial charge in [0.25, 0.3) is 0 Å². The van der Waals surface area contributed by atoms with Gasteiger partial charge in [-0.15, -0.1) is 0 Å². The number of carbonyl (C=O) groups excluding carboxylic acids is 1. The second-order valence-corrected chi connectivity index (χ2v) is 12.4. The van der Waals surface area contributed by atoms with Crippen molar-refractivity contribution in [1.29, 1.82) is 0 Å². The Hall–Kier alpha value is -1.84. The molecule has 0 amide bonds. The van der Waals surface area contributed by atoms with Crippen molar-refractivity contribution in [2.24, 2.45) is 0 Å².